The third-order valence-corrected chi connectivity index (χ3v) is 7.44. The highest BCUT2D eigenvalue weighted by molar-refractivity contribution is 7.92. The molecule has 5 nitrogen and oxygen atoms in total. The lowest BCUT2D eigenvalue weighted by molar-refractivity contribution is 0.0954. The van der Waals surface area contributed by atoms with Gasteiger partial charge in [-0.2, -0.15) is 0 Å². The maximum Gasteiger partial charge on any atom is 0.264 e. The van der Waals surface area contributed by atoms with E-state index in [0.29, 0.717) is 22.8 Å². The standard InChI is InChI=1S/C23H27ClN2O3S/c1-17-8-9-19(23(27)25-15-14-18-6-4-3-5-7-18)16-22(17)26(2)30(28,29)21-12-10-20(24)11-13-21/h6,8-13,16H,3-5,7,14-15H2,1-2H3,(H,25,27). The molecule has 0 aliphatic heterocycles. The summed E-state index contributed by atoms with van der Waals surface area (Å²) in [5.41, 5.74) is 3.07. The van der Waals surface area contributed by atoms with Gasteiger partial charge < -0.3 is 5.32 Å². The van der Waals surface area contributed by atoms with Crippen LogP contribution in [0.5, 0.6) is 0 Å². The Bertz CT molecular complexity index is 1050. The Labute approximate surface area is 183 Å². The number of rotatable bonds is 7. The van der Waals surface area contributed by atoms with Crippen LogP contribution in [0.3, 0.4) is 0 Å². The average Bonchev–Trinajstić information content (AvgIpc) is 2.74. The fraction of sp³-hybridized carbons (Fsp3) is 0.348. The number of benzene rings is 2. The molecule has 2 aromatic rings. The molecule has 0 bridgehead atoms. The summed E-state index contributed by atoms with van der Waals surface area (Å²) in [7, 11) is -2.28. The van der Waals surface area contributed by atoms with Crippen LogP contribution < -0.4 is 9.62 Å². The number of nitrogens with zero attached hydrogens (tertiary/aromatic N) is 1. The highest BCUT2D eigenvalue weighted by atomic mass is 35.5. The van der Waals surface area contributed by atoms with E-state index in [1.54, 1.807) is 30.3 Å². The smallest absolute Gasteiger partial charge is 0.264 e. The van der Waals surface area contributed by atoms with Crippen LogP contribution in [-0.4, -0.2) is 27.9 Å². The van der Waals surface area contributed by atoms with Crippen molar-refractivity contribution in [2.24, 2.45) is 0 Å². The molecule has 2 aromatic carbocycles. The minimum Gasteiger partial charge on any atom is -0.352 e. The zero-order chi connectivity index (χ0) is 21.7. The van der Waals surface area contributed by atoms with Gasteiger partial charge in [-0.25, -0.2) is 8.42 Å². The molecule has 0 saturated heterocycles. The average molecular weight is 447 g/mol. The summed E-state index contributed by atoms with van der Waals surface area (Å²) >= 11 is 5.87. The normalized spacial score (nSPS) is 14.2. The summed E-state index contributed by atoms with van der Waals surface area (Å²) in [5, 5.41) is 3.41. The fourth-order valence-electron chi connectivity index (χ4n) is 3.55. The highest BCUT2D eigenvalue weighted by Gasteiger charge is 2.23. The first-order valence-corrected chi connectivity index (χ1v) is 11.9. The first-order chi connectivity index (χ1) is 14.3. The van der Waals surface area contributed by atoms with Gasteiger partial charge in [-0.1, -0.05) is 29.3 Å². The number of anilines is 1. The molecule has 3 rings (SSSR count). The molecule has 0 spiro atoms. The molecule has 7 heteroatoms. The summed E-state index contributed by atoms with van der Waals surface area (Å²) < 4.78 is 27.2. The topological polar surface area (TPSA) is 66.5 Å². The third-order valence-electron chi connectivity index (χ3n) is 5.40. The molecule has 0 atom stereocenters. The van der Waals surface area contributed by atoms with Gasteiger partial charge in [0.1, 0.15) is 0 Å². The number of carbonyl (C=O) groups is 1. The van der Waals surface area contributed by atoms with E-state index in [-0.39, 0.29) is 10.8 Å². The number of carbonyl (C=O) groups excluding carboxylic acids is 1. The van der Waals surface area contributed by atoms with E-state index in [1.165, 1.54) is 41.9 Å². The predicted octanol–water partition coefficient (Wildman–Crippen LogP) is 5.09. The molecule has 1 aliphatic carbocycles. The minimum atomic E-state index is -3.77. The summed E-state index contributed by atoms with van der Waals surface area (Å²) in [5.74, 6) is -0.204. The van der Waals surface area contributed by atoms with Crippen molar-refractivity contribution in [3.63, 3.8) is 0 Å². The van der Waals surface area contributed by atoms with Gasteiger partial charge in [0, 0.05) is 24.2 Å². The van der Waals surface area contributed by atoms with Crippen LogP contribution in [0.2, 0.25) is 5.02 Å². The van der Waals surface area contributed by atoms with Crippen molar-refractivity contribution in [3.05, 3.63) is 70.3 Å². The maximum absolute atomic E-state index is 13.0. The van der Waals surface area contributed by atoms with Gasteiger partial charge in [0.05, 0.1) is 10.6 Å². The molecule has 0 radical (unpaired) electrons. The zero-order valence-electron chi connectivity index (χ0n) is 17.3. The van der Waals surface area contributed by atoms with E-state index < -0.39 is 10.0 Å². The van der Waals surface area contributed by atoms with Crippen molar-refractivity contribution in [1.82, 2.24) is 5.32 Å². The molecule has 160 valence electrons. The van der Waals surface area contributed by atoms with Gasteiger partial charge in [-0.15, -0.1) is 0 Å². The summed E-state index contributed by atoms with van der Waals surface area (Å²) in [6.07, 6.45) is 7.83. The number of nitrogens with one attached hydrogen (secondary N) is 1. The maximum atomic E-state index is 13.0. The lowest BCUT2D eigenvalue weighted by atomic mass is 9.97. The lowest BCUT2D eigenvalue weighted by Gasteiger charge is -2.22. The highest BCUT2D eigenvalue weighted by Crippen LogP contribution is 2.27. The quantitative estimate of drug-likeness (QED) is 0.602. The zero-order valence-corrected chi connectivity index (χ0v) is 18.9. The second-order valence-corrected chi connectivity index (χ2v) is 9.95. The van der Waals surface area contributed by atoms with Crippen molar-refractivity contribution in [2.75, 3.05) is 17.9 Å². The third kappa shape index (κ3) is 5.24. The van der Waals surface area contributed by atoms with Crippen molar-refractivity contribution in [2.45, 2.75) is 43.9 Å². The van der Waals surface area contributed by atoms with E-state index in [9.17, 15) is 13.2 Å². The van der Waals surface area contributed by atoms with E-state index in [2.05, 4.69) is 11.4 Å². The Morgan fingerprint density at radius 2 is 1.87 bits per heavy atom. The fourth-order valence-corrected chi connectivity index (χ4v) is 4.93. The molecule has 0 saturated carbocycles. The van der Waals surface area contributed by atoms with Crippen molar-refractivity contribution in [1.29, 1.82) is 0 Å². The first-order valence-electron chi connectivity index (χ1n) is 10.1. The van der Waals surface area contributed by atoms with Crippen LogP contribution in [0.15, 0.2) is 59.0 Å². The Kier molecular flexibility index (Phi) is 7.21. The van der Waals surface area contributed by atoms with Gasteiger partial charge >= 0.3 is 0 Å². The monoisotopic (exact) mass is 446 g/mol. The summed E-state index contributed by atoms with van der Waals surface area (Å²) in [4.78, 5) is 12.8. The largest absolute Gasteiger partial charge is 0.352 e. The number of amides is 1. The number of allylic oxidation sites excluding steroid dienone is 1. The van der Waals surface area contributed by atoms with E-state index in [4.69, 9.17) is 11.6 Å². The molecule has 1 amide bonds. The van der Waals surface area contributed by atoms with E-state index >= 15 is 0 Å². The van der Waals surface area contributed by atoms with Crippen LogP contribution in [0.4, 0.5) is 5.69 Å². The van der Waals surface area contributed by atoms with Crippen molar-refractivity contribution in [3.8, 4) is 0 Å². The second kappa shape index (κ2) is 9.67. The van der Waals surface area contributed by atoms with Gasteiger partial charge in [0.2, 0.25) is 0 Å². The van der Waals surface area contributed by atoms with E-state index in [0.717, 1.165) is 24.8 Å². The van der Waals surface area contributed by atoms with Crippen molar-refractivity contribution < 1.29 is 13.2 Å². The molecule has 30 heavy (non-hydrogen) atoms. The summed E-state index contributed by atoms with van der Waals surface area (Å²) in [6, 6.07) is 11.1. The number of hydrogen-bond acceptors (Lipinski definition) is 3. The first kappa shape index (κ1) is 22.4. The van der Waals surface area contributed by atoms with Crippen LogP contribution in [0, 0.1) is 6.92 Å². The Morgan fingerprint density at radius 1 is 1.13 bits per heavy atom. The molecule has 1 aliphatic rings. The predicted molar refractivity (Wildman–Crippen MR) is 122 cm³/mol. The molecule has 0 unspecified atom stereocenters. The van der Waals surface area contributed by atoms with Crippen LogP contribution in [0.25, 0.3) is 0 Å². The Morgan fingerprint density at radius 3 is 2.53 bits per heavy atom. The van der Waals surface area contributed by atoms with Gasteiger partial charge in [-0.3, -0.25) is 9.10 Å². The molecule has 0 aromatic heterocycles. The van der Waals surface area contributed by atoms with Crippen LogP contribution in [-0.2, 0) is 10.0 Å². The van der Waals surface area contributed by atoms with Gasteiger partial charge in [0.15, 0.2) is 0 Å². The Hall–Kier alpha value is -2.31. The second-order valence-electron chi connectivity index (χ2n) is 7.54. The molecule has 0 heterocycles. The van der Waals surface area contributed by atoms with E-state index in [1.807, 2.05) is 6.92 Å². The number of hydrogen-bond donors (Lipinski definition) is 1. The molecular weight excluding hydrogens is 420 g/mol. The molecule has 1 N–H and O–H groups in total. The lowest BCUT2D eigenvalue weighted by Crippen LogP contribution is -2.28. The SMILES string of the molecule is Cc1ccc(C(=O)NCCC2=CCCCC2)cc1N(C)S(=O)(=O)c1ccc(Cl)cc1. The van der Waals surface area contributed by atoms with Crippen molar-refractivity contribution >= 4 is 33.2 Å². The van der Waals surface area contributed by atoms with Crippen LogP contribution >= 0.6 is 11.6 Å². The number of halogens is 1. The number of aryl methyl sites for hydroxylation is 1. The van der Waals surface area contributed by atoms with Crippen LogP contribution in [0.1, 0.15) is 48.0 Å². The van der Waals surface area contributed by atoms with Gasteiger partial charge in [0.25, 0.3) is 15.9 Å². The minimum absolute atomic E-state index is 0.143. The molecular formula is C23H27ClN2O3S. The van der Waals surface area contributed by atoms with Gasteiger partial charge in [-0.05, 0) is 81.0 Å². The Balaban J connectivity index is 1.74. The summed E-state index contributed by atoms with van der Waals surface area (Å²) in [6.45, 7) is 2.40. The molecule has 0 fully saturated rings. The number of sulfonamides is 1.